The third kappa shape index (κ3) is 5.28. The molecular weight excluding hydrogens is 491 g/mol. The summed E-state index contributed by atoms with van der Waals surface area (Å²) in [7, 11) is 1.59. The summed E-state index contributed by atoms with van der Waals surface area (Å²) >= 11 is 0. The van der Waals surface area contributed by atoms with E-state index in [-0.39, 0.29) is 23.7 Å². The van der Waals surface area contributed by atoms with Crippen LogP contribution in [0.4, 0.5) is 10.1 Å². The molecule has 5 nitrogen and oxygen atoms in total. The predicted molar refractivity (Wildman–Crippen MR) is 153 cm³/mol. The summed E-state index contributed by atoms with van der Waals surface area (Å²) in [6.07, 6.45) is 5.39. The summed E-state index contributed by atoms with van der Waals surface area (Å²) in [5.74, 6) is 0.585. The van der Waals surface area contributed by atoms with Crippen LogP contribution < -0.4 is 14.8 Å². The topological polar surface area (TPSA) is 60.5 Å². The van der Waals surface area contributed by atoms with Crippen LogP contribution in [-0.2, 0) is 6.61 Å². The number of methoxy groups -OCH3 is 1. The summed E-state index contributed by atoms with van der Waals surface area (Å²) in [4.78, 5) is 17.1. The minimum Gasteiger partial charge on any atom is -0.496 e. The first-order valence-electron chi connectivity index (χ1n) is 12.8. The van der Waals surface area contributed by atoms with Gasteiger partial charge in [-0.15, -0.1) is 0 Å². The lowest BCUT2D eigenvalue weighted by Gasteiger charge is -2.33. The first kappa shape index (κ1) is 26.2. The average molecular weight is 523 g/mol. The molecule has 0 spiro atoms. The van der Waals surface area contributed by atoms with Crippen LogP contribution in [-0.4, -0.2) is 23.4 Å². The number of ether oxygens (including phenoxy) is 2. The molecule has 0 unspecified atom stereocenters. The number of carbonyl (C=O) groups excluding carboxylic acids is 1. The standard InChI is InChI=1S/C33H31FN2O3/c1-20-8-10-24(34)16-29(20)39-19-27-25(12-13-28-31(27)21(2)17-33(3,4)36-28)26-11-9-22(15-30(26)38-5)32(37)23-7-6-14-35-18-23/h6-18,36H,19H2,1-5H3. The lowest BCUT2D eigenvalue weighted by molar-refractivity contribution is 0.103. The second kappa shape index (κ2) is 10.4. The van der Waals surface area contributed by atoms with Gasteiger partial charge in [0.2, 0.25) is 0 Å². The van der Waals surface area contributed by atoms with Gasteiger partial charge in [-0.05, 0) is 80.8 Å². The summed E-state index contributed by atoms with van der Waals surface area (Å²) in [6, 6.07) is 17.6. The molecule has 0 saturated carbocycles. The molecule has 0 aliphatic carbocycles. The van der Waals surface area contributed by atoms with Gasteiger partial charge in [0, 0.05) is 52.0 Å². The van der Waals surface area contributed by atoms with Crippen molar-refractivity contribution in [1.82, 2.24) is 4.98 Å². The monoisotopic (exact) mass is 522 g/mol. The fraction of sp³-hybridized carbons (Fsp3) is 0.212. The molecule has 6 heteroatoms. The zero-order valence-corrected chi connectivity index (χ0v) is 22.8. The number of aromatic nitrogens is 1. The first-order valence-corrected chi connectivity index (χ1v) is 12.8. The van der Waals surface area contributed by atoms with Crippen molar-refractivity contribution in [2.24, 2.45) is 0 Å². The number of fused-ring (bicyclic) bond motifs is 1. The molecular formula is C33H31FN2O3. The number of aryl methyl sites for hydroxylation is 1. The molecule has 1 aromatic heterocycles. The molecule has 0 bridgehead atoms. The maximum absolute atomic E-state index is 14.0. The second-order valence-electron chi connectivity index (χ2n) is 10.4. The molecule has 0 saturated heterocycles. The Labute approximate surface area is 228 Å². The molecule has 39 heavy (non-hydrogen) atoms. The smallest absolute Gasteiger partial charge is 0.194 e. The van der Waals surface area contributed by atoms with Crippen LogP contribution in [0.25, 0.3) is 16.7 Å². The van der Waals surface area contributed by atoms with Crippen molar-refractivity contribution < 1.29 is 18.7 Å². The highest BCUT2D eigenvalue weighted by Gasteiger charge is 2.27. The number of hydrogen-bond acceptors (Lipinski definition) is 5. The summed E-state index contributed by atoms with van der Waals surface area (Å²) < 4.78 is 26.0. The summed E-state index contributed by atoms with van der Waals surface area (Å²) in [5.41, 5.74) is 7.50. The van der Waals surface area contributed by atoms with E-state index in [0.717, 1.165) is 39.1 Å². The quantitative estimate of drug-likeness (QED) is 0.253. The Morgan fingerprint density at radius 2 is 1.77 bits per heavy atom. The number of nitrogens with one attached hydrogen (secondary N) is 1. The molecule has 0 amide bonds. The van der Waals surface area contributed by atoms with E-state index in [2.05, 4.69) is 43.2 Å². The van der Waals surface area contributed by atoms with E-state index in [0.29, 0.717) is 22.6 Å². The van der Waals surface area contributed by atoms with Crippen LogP contribution in [0.5, 0.6) is 11.5 Å². The number of hydrogen-bond donors (Lipinski definition) is 1. The van der Waals surface area contributed by atoms with Crippen LogP contribution in [0, 0.1) is 12.7 Å². The van der Waals surface area contributed by atoms with E-state index in [1.165, 1.54) is 12.1 Å². The largest absolute Gasteiger partial charge is 0.496 e. The first-order chi connectivity index (χ1) is 18.7. The molecule has 1 N–H and O–H groups in total. The van der Waals surface area contributed by atoms with E-state index in [1.54, 1.807) is 49.8 Å². The van der Waals surface area contributed by atoms with Crippen molar-refractivity contribution in [3.63, 3.8) is 0 Å². The van der Waals surface area contributed by atoms with E-state index < -0.39 is 0 Å². The van der Waals surface area contributed by atoms with Gasteiger partial charge in [0.25, 0.3) is 0 Å². The maximum Gasteiger partial charge on any atom is 0.194 e. The maximum atomic E-state index is 14.0. The van der Waals surface area contributed by atoms with Gasteiger partial charge in [-0.3, -0.25) is 9.78 Å². The van der Waals surface area contributed by atoms with Crippen LogP contribution in [0.2, 0.25) is 0 Å². The second-order valence-corrected chi connectivity index (χ2v) is 10.4. The van der Waals surface area contributed by atoms with Crippen molar-refractivity contribution in [2.75, 3.05) is 12.4 Å². The van der Waals surface area contributed by atoms with Crippen molar-refractivity contribution in [2.45, 2.75) is 39.8 Å². The van der Waals surface area contributed by atoms with Gasteiger partial charge in [-0.2, -0.15) is 0 Å². The Hall–Kier alpha value is -4.45. The van der Waals surface area contributed by atoms with Crippen LogP contribution >= 0.6 is 0 Å². The molecule has 198 valence electrons. The molecule has 5 rings (SSSR count). The Balaban J connectivity index is 1.62. The highest BCUT2D eigenvalue weighted by atomic mass is 19.1. The Kier molecular flexibility index (Phi) is 6.96. The predicted octanol–water partition coefficient (Wildman–Crippen LogP) is 7.62. The molecule has 1 aliphatic rings. The molecule has 4 aromatic rings. The number of carbonyl (C=O) groups is 1. The highest BCUT2D eigenvalue weighted by Crippen LogP contribution is 2.43. The normalized spacial score (nSPS) is 13.6. The number of nitrogens with zero attached hydrogens (tertiary/aromatic N) is 1. The molecule has 0 radical (unpaired) electrons. The average Bonchev–Trinajstić information content (AvgIpc) is 2.92. The van der Waals surface area contributed by atoms with Gasteiger partial charge in [0.05, 0.1) is 12.6 Å². The third-order valence-electron chi connectivity index (χ3n) is 6.94. The summed E-state index contributed by atoms with van der Waals surface area (Å²) in [5, 5.41) is 3.60. The van der Waals surface area contributed by atoms with E-state index in [9.17, 15) is 9.18 Å². The number of benzene rings is 3. The minimum atomic E-state index is -0.346. The van der Waals surface area contributed by atoms with Crippen molar-refractivity contribution >= 4 is 17.0 Å². The Morgan fingerprint density at radius 1 is 0.974 bits per heavy atom. The third-order valence-corrected chi connectivity index (χ3v) is 6.94. The van der Waals surface area contributed by atoms with Crippen LogP contribution in [0.15, 0.2) is 79.1 Å². The lowest BCUT2D eigenvalue weighted by Crippen LogP contribution is -2.32. The Bertz CT molecular complexity index is 1590. The number of halogens is 1. The number of rotatable bonds is 7. The van der Waals surface area contributed by atoms with E-state index >= 15 is 0 Å². The molecule has 1 aliphatic heterocycles. The van der Waals surface area contributed by atoms with Crippen molar-refractivity contribution in [3.05, 3.63) is 113 Å². The zero-order chi connectivity index (χ0) is 27.7. The number of ketones is 1. The van der Waals surface area contributed by atoms with Crippen LogP contribution in [0.3, 0.4) is 0 Å². The van der Waals surface area contributed by atoms with E-state index in [1.807, 2.05) is 19.1 Å². The van der Waals surface area contributed by atoms with Crippen molar-refractivity contribution in [3.8, 4) is 22.6 Å². The minimum absolute atomic E-state index is 0.131. The molecule has 0 atom stereocenters. The lowest BCUT2D eigenvalue weighted by atomic mass is 9.85. The van der Waals surface area contributed by atoms with Gasteiger partial charge < -0.3 is 14.8 Å². The number of pyridine rings is 1. The summed E-state index contributed by atoms with van der Waals surface area (Å²) in [6.45, 7) is 8.46. The number of allylic oxidation sites excluding steroid dienone is 1. The van der Waals surface area contributed by atoms with Crippen LogP contribution in [0.1, 0.15) is 53.4 Å². The Morgan fingerprint density at radius 3 is 2.51 bits per heavy atom. The molecule has 2 heterocycles. The van der Waals surface area contributed by atoms with Crippen molar-refractivity contribution in [1.29, 1.82) is 0 Å². The SMILES string of the molecule is COc1cc(C(=O)c2cccnc2)ccc1-c1ccc2c(c1COc1cc(F)ccc1C)C(C)=CC(C)(C)N2. The van der Waals surface area contributed by atoms with Gasteiger partial charge in [0.1, 0.15) is 23.9 Å². The number of anilines is 1. The van der Waals surface area contributed by atoms with Gasteiger partial charge in [0.15, 0.2) is 5.78 Å². The fourth-order valence-electron chi connectivity index (χ4n) is 5.20. The fourth-order valence-corrected chi connectivity index (χ4v) is 5.20. The highest BCUT2D eigenvalue weighted by molar-refractivity contribution is 6.09. The van der Waals surface area contributed by atoms with Gasteiger partial charge in [-0.25, -0.2) is 4.39 Å². The van der Waals surface area contributed by atoms with Gasteiger partial charge in [-0.1, -0.05) is 24.3 Å². The van der Waals surface area contributed by atoms with Gasteiger partial charge >= 0.3 is 0 Å². The molecule has 0 fully saturated rings. The zero-order valence-electron chi connectivity index (χ0n) is 22.8. The van der Waals surface area contributed by atoms with E-state index in [4.69, 9.17) is 9.47 Å². The molecule has 3 aromatic carbocycles.